The lowest BCUT2D eigenvalue weighted by atomic mass is 10.1. The highest BCUT2D eigenvalue weighted by atomic mass is 16.5. The summed E-state index contributed by atoms with van der Waals surface area (Å²) in [7, 11) is 0. The molecule has 27 heavy (non-hydrogen) atoms. The Kier molecular flexibility index (Phi) is 7.11. The molecule has 0 aliphatic heterocycles. The molecular formula is C21H24N2O4. The SMILES string of the molecule is CCN(CC)C(=O)[C@H](OC(=O)c1ccc(NC(C)=O)cc1)c1ccccc1. The van der Waals surface area contributed by atoms with Crippen molar-refractivity contribution in [3.8, 4) is 0 Å². The van der Waals surface area contributed by atoms with Crippen LogP contribution in [-0.4, -0.2) is 35.8 Å². The van der Waals surface area contributed by atoms with E-state index in [2.05, 4.69) is 5.32 Å². The minimum atomic E-state index is -1.01. The molecular weight excluding hydrogens is 344 g/mol. The van der Waals surface area contributed by atoms with Crippen LogP contribution < -0.4 is 5.32 Å². The number of amides is 2. The van der Waals surface area contributed by atoms with Crippen LogP contribution in [-0.2, 0) is 14.3 Å². The summed E-state index contributed by atoms with van der Waals surface area (Å²) < 4.78 is 5.57. The quantitative estimate of drug-likeness (QED) is 0.760. The van der Waals surface area contributed by atoms with Gasteiger partial charge in [-0.15, -0.1) is 0 Å². The standard InChI is InChI=1S/C21H24N2O4/c1-4-23(5-2)20(25)19(16-9-7-6-8-10-16)27-21(26)17-11-13-18(14-12-17)22-15(3)24/h6-14,19H,4-5H2,1-3H3,(H,22,24)/t19-/m1/s1. The van der Waals surface area contributed by atoms with Gasteiger partial charge in [0, 0.05) is 31.3 Å². The van der Waals surface area contributed by atoms with E-state index < -0.39 is 12.1 Å². The highest BCUT2D eigenvalue weighted by molar-refractivity contribution is 5.94. The molecule has 0 aliphatic rings. The minimum Gasteiger partial charge on any atom is -0.444 e. The summed E-state index contributed by atoms with van der Waals surface area (Å²) in [5, 5.41) is 2.63. The van der Waals surface area contributed by atoms with Crippen LogP contribution in [0.3, 0.4) is 0 Å². The van der Waals surface area contributed by atoms with Crippen LogP contribution >= 0.6 is 0 Å². The van der Waals surface area contributed by atoms with E-state index in [1.54, 1.807) is 53.4 Å². The van der Waals surface area contributed by atoms with Gasteiger partial charge in [0.1, 0.15) is 0 Å². The molecule has 0 radical (unpaired) electrons. The van der Waals surface area contributed by atoms with E-state index in [0.29, 0.717) is 29.9 Å². The first-order valence-electron chi connectivity index (χ1n) is 8.88. The van der Waals surface area contributed by atoms with Gasteiger partial charge in [0.05, 0.1) is 5.56 Å². The van der Waals surface area contributed by atoms with Gasteiger partial charge in [0.15, 0.2) is 0 Å². The van der Waals surface area contributed by atoms with Crippen LogP contribution in [0.2, 0.25) is 0 Å². The third-order valence-corrected chi connectivity index (χ3v) is 4.07. The Morgan fingerprint density at radius 2 is 1.56 bits per heavy atom. The third-order valence-electron chi connectivity index (χ3n) is 4.07. The molecule has 6 heteroatoms. The van der Waals surface area contributed by atoms with Crippen molar-refractivity contribution >= 4 is 23.5 Å². The summed E-state index contributed by atoms with van der Waals surface area (Å²) in [4.78, 5) is 38.1. The zero-order valence-electron chi connectivity index (χ0n) is 15.8. The first-order chi connectivity index (χ1) is 13.0. The molecule has 1 N–H and O–H groups in total. The summed E-state index contributed by atoms with van der Waals surface area (Å²) in [5.41, 5.74) is 1.51. The summed E-state index contributed by atoms with van der Waals surface area (Å²) in [5.74, 6) is -1.05. The average Bonchev–Trinajstić information content (AvgIpc) is 2.67. The van der Waals surface area contributed by atoms with Crippen molar-refractivity contribution < 1.29 is 19.1 Å². The van der Waals surface area contributed by atoms with Crippen molar-refractivity contribution in [1.82, 2.24) is 4.90 Å². The lowest BCUT2D eigenvalue weighted by Gasteiger charge is -2.25. The van der Waals surface area contributed by atoms with Gasteiger partial charge < -0.3 is 15.0 Å². The van der Waals surface area contributed by atoms with E-state index in [9.17, 15) is 14.4 Å². The largest absolute Gasteiger partial charge is 0.444 e. The number of rotatable bonds is 7. The Hall–Kier alpha value is -3.15. The summed E-state index contributed by atoms with van der Waals surface area (Å²) in [6.45, 7) is 6.23. The second-order valence-electron chi connectivity index (χ2n) is 5.97. The molecule has 0 aromatic heterocycles. The monoisotopic (exact) mass is 368 g/mol. The van der Waals surface area contributed by atoms with E-state index in [4.69, 9.17) is 4.74 Å². The lowest BCUT2D eigenvalue weighted by Crippen LogP contribution is -2.36. The van der Waals surface area contributed by atoms with Crippen LogP contribution in [0.1, 0.15) is 42.8 Å². The zero-order valence-corrected chi connectivity index (χ0v) is 15.8. The maximum Gasteiger partial charge on any atom is 0.339 e. The highest BCUT2D eigenvalue weighted by Crippen LogP contribution is 2.22. The van der Waals surface area contributed by atoms with Crippen LogP contribution in [0.4, 0.5) is 5.69 Å². The van der Waals surface area contributed by atoms with Crippen molar-refractivity contribution in [2.24, 2.45) is 0 Å². The second kappa shape index (κ2) is 9.52. The highest BCUT2D eigenvalue weighted by Gasteiger charge is 2.28. The van der Waals surface area contributed by atoms with Gasteiger partial charge >= 0.3 is 5.97 Å². The molecule has 6 nitrogen and oxygen atoms in total. The summed E-state index contributed by atoms with van der Waals surface area (Å²) >= 11 is 0. The number of hydrogen-bond donors (Lipinski definition) is 1. The number of nitrogens with one attached hydrogen (secondary N) is 1. The Labute approximate surface area is 159 Å². The topological polar surface area (TPSA) is 75.7 Å². The van der Waals surface area contributed by atoms with Gasteiger partial charge in [-0.1, -0.05) is 30.3 Å². The number of likely N-dealkylation sites (N-methyl/N-ethyl adjacent to an activating group) is 1. The zero-order chi connectivity index (χ0) is 19.8. The molecule has 2 aromatic carbocycles. The minimum absolute atomic E-state index is 0.195. The van der Waals surface area contributed by atoms with Crippen LogP contribution in [0, 0.1) is 0 Å². The first-order valence-corrected chi connectivity index (χ1v) is 8.88. The van der Waals surface area contributed by atoms with E-state index in [0.717, 1.165) is 0 Å². The molecule has 142 valence electrons. The summed E-state index contributed by atoms with van der Waals surface area (Å²) in [6, 6.07) is 15.3. The molecule has 0 spiro atoms. The predicted octanol–water partition coefficient (Wildman–Crippen LogP) is 3.41. The molecule has 2 rings (SSSR count). The molecule has 0 unspecified atom stereocenters. The molecule has 0 saturated heterocycles. The normalized spacial score (nSPS) is 11.4. The fourth-order valence-electron chi connectivity index (χ4n) is 2.66. The van der Waals surface area contributed by atoms with Gasteiger partial charge in [0.25, 0.3) is 5.91 Å². The number of ether oxygens (including phenoxy) is 1. The molecule has 0 heterocycles. The van der Waals surface area contributed by atoms with Crippen LogP contribution in [0.15, 0.2) is 54.6 Å². The van der Waals surface area contributed by atoms with Gasteiger partial charge in [0.2, 0.25) is 12.0 Å². The predicted molar refractivity (Wildman–Crippen MR) is 103 cm³/mol. The fourth-order valence-corrected chi connectivity index (χ4v) is 2.66. The first kappa shape index (κ1) is 20.2. The van der Waals surface area contributed by atoms with E-state index >= 15 is 0 Å². The van der Waals surface area contributed by atoms with Crippen molar-refractivity contribution in [2.45, 2.75) is 26.9 Å². The lowest BCUT2D eigenvalue weighted by molar-refractivity contribution is -0.140. The molecule has 1 atom stereocenters. The Morgan fingerprint density at radius 1 is 0.963 bits per heavy atom. The van der Waals surface area contributed by atoms with Crippen molar-refractivity contribution in [3.05, 3.63) is 65.7 Å². The smallest absolute Gasteiger partial charge is 0.339 e. The van der Waals surface area contributed by atoms with Crippen molar-refractivity contribution in [3.63, 3.8) is 0 Å². The summed E-state index contributed by atoms with van der Waals surface area (Å²) in [6.07, 6.45) is -1.01. The van der Waals surface area contributed by atoms with Gasteiger partial charge in [-0.3, -0.25) is 9.59 Å². The van der Waals surface area contributed by atoms with E-state index in [1.807, 2.05) is 19.9 Å². The number of nitrogens with zero attached hydrogens (tertiary/aromatic N) is 1. The molecule has 0 fully saturated rings. The molecule has 0 saturated carbocycles. The average molecular weight is 368 g/mol. The van der Waals surface area contributed by atoms with E-state index in [-0.39, 0.29) is 11.8 Å². The molecule has 0 bridgehead atoms. The number of carbonyl (C=O) groups excluding carboxylic acids is 3. The fraction of sp³-hybridized carbons (Fsp3) is 0.286. The maximum atomic E-state index is 12.8. The number of carbonyl (C=O) groups is 3. The van der Waals surface area contributed by atoms with Gasteiger partial charge in [-0.2, -0.15) is 0 Å². The number of benzene rings is 2. The molecule has 2 amide bonds. The second-order valence-corrected chi connectivity index (χ2v) is 5.97. The van der Waals surface area contributed by atoms with E-state index in [1.165, 1.54) is 6.92 Å². The van der Waals surface area contributed by atoms with Crippen molar-refractivity contribution in [1.29, 1.82) is 0 Å². The van der Waals surface area contributed by atoms with Gasteiger partial charge in [-0.25, -0.2) is 4.79 Å². The van der Waals surface area contributed by atoms with Gasteiger partial charge in [-0.05, 0) is 38.1 Å². The number of hydrogen-bond acceptors (Lipinski definition) is 4. The Balaban J connectivity index is 2.22. The Bertz CT molecular complexity index is 784. The maximum absolute atomic E-state index is 12.8. The molecule has 2 aromatic rings. The third kappa shape index (κ3) is 5.41. The van der Waals surface area contributed by atoms with Crippen LogP contribution in [0.25, 0.3) is 0 Å². The van der Waals surface area contributed by atoms with Crippen molar-refractivity contribution in [2.75, 3.05) is 18.4 Å². The number of anilines is 1. The molecule has 0 aliphatic carbocycles. The number of esters is 1. The Morgan fingerprint density at radius 3 is 2.07 bits per heavy atom. The van der Waals surface area contributed by atoms with Crippen LogP contribution in [0.5, 0.6) is 0 Å².